The summed E-state index contributed by atoms with van der Waals surface area (Å²) in [6.45, 7) is 2.47. The van der Waals surface area contributed by atoms with Crippen molar-refractivity contribution < 1.29 is 4.79 Å². The first-order valence-corrected chi connectivity index (χ1v) is 5.40. The van der Waals surface area contributed by atoms with Crippen LogP contribution in [0.4, 0.5) is 0 Å². The van der Waals surface area contributed by atoms with Crippen molar-refractivity contribution in [2.75, 3.05) is 12.8 Å². The Bertz CT molecular complexity index is 178. The number of amides is 1. The van der Waals surface area contributed by atoms with Gasteiger partial charge in [-0.15, -0.1) is 0 Å². The third-order valence-electron chi connectivity index (χ3n) is 2.24. The van der Waals surface area contributed by atoms with E-state index in [0.29, 0.717) is 4.75 Å². The van der Waals surface area contributed by atoms with E-state index in [1.165, 1.54) is 12.8 Å². The van der Waals surface area contributed by atoms with Gasteiger partial charge in [-0.1, -0.05) is 0 Å². The van der Waals surface area contributed by atoms with Crippen molar-refractivity contribution in [3.8, 4) is 0 Å². The second-order valence-electron chi connectivity index (χ2n) is 3.39. The zero-order valence-electron chi connectivity index (χ0n) is 7.59. The van der Waals surface area contributed by atoms with Gasteiger partial charge in [0.2, 0.25) is 5.91 Å². The van der Waals surface area contributed by atoms with Crippen LogP contribution in [0.2, 0.25) is 0 Å². The molecule has 0 bridgehead atoms. The van der Waals surface area contributed by atoms with Gasteiger partial charge in [-0.3, -0.25) is 4.79 Å². The smallest absolute Gasteiger partial charge is 0.236 e. The van der Waals surface area contributed by atoms with E-state index in [1.54, 1.807) is 6.92 Å². The van der Waals surface area contributed by atoms with Gasteiger partial charge in [-0.2, -0.15) is 11.8 Å². The minimum Gasteiger partial charge on any atom is -0.353 e. The monoisotopic (exact) mass is 188 g/mol. The van der Waals surface area contributed by atoms with Gasteiger partial charge in [0.05, 0.1) is 6.04 Å². The number of nitrogens with one attached hydrogen (secondary N) is 1. The Morgan fingerprint density at radius 1 is 1.75 bits per heavy atom. The fourth-order valence-electron chi connectivity index (χ4n) is 1.00. The molecule has 3 N–H and O–H groups in total. The molecule has 1 fully saturated rings. The van der Waals surface area contributed by atoms with E-state index in [4.69, 9.17) is 5.73 Å². The first-order chi connectivity index (χ1) is 5.59. The number of thioether (sulfide) groups is 1. The average Bonchev–Trinajstić information content (AvgIpc) is 2.81. The highest BCUT2D eigenvalue weighted by Gasteiger charge is 2.41. The SMILES string of the molecule is CSC1(CNC(=O)C(C)N)CC1. The zero-order valence-corrected chi connectivity index (χ0v) is 8.41. The number of carbonyl (C=O) groups is 1. The Morgan fingerprint density at radius 2 is 2.33 bits per heavy atom. The molecule has 0 aromatic carbocycles. The molecule has 1 unspecified atom stereocenters. The molecule has 0 aliphatic heterocycles. The number of nitrogens with two attached hydrogens (primary N) is 1. The summed E-state index contributed by atoms with van der Waals surface area (Å²) in [5.41, 5.74) is 5.41. The van der Waals surface area contributed by atoms with E-state index in [-0.39, 0.29) is 11.9 Å². The summed E-state index contributed by atoms with van der Waals surface area (Å²) in [6.07, 6.45) is 4.52. The summed E-state index contributed by atoms with van der Waals surface area (Å²) in [7, 11) is 0. The van der Waals surface area contributed by atoms with E-state index in [0.717, 1.165) is 6.54 Å². The minimum atomic E-state index is -0.386. The third kappa shape index (κ3) is 2.38. The van der Waals surface area contributed by atoms with Crippen LogP contribution >= 0.6 is 11.8 Å². The Balaban J connectivity index is 2.21. The summed E-state index contributed by atoms with van der Waals surface area (Å²) in [4.78, 5) is 11.1. The number of hydrogen-bond acceptors (Lipinski definition) is 3. The van der Waals surface area contributed by atoms with Gasteiger partial charge in [0.25, 0.3) is 0 Å². The van der Waals surface area contributed by atoms with E-state index >= 15 is 0 Å². The molecule has 4 heteroatoms. The third-order valence-corrected chi connectivity index (χ3v) is 3.66. The van der Waals surface area contributed by atoms with E-state index in [2.05, 4.69) is 11.6 Å². The maximum atomic E-state index is 11.1. The van der Waals surface area contributed by atoms with Gasteiger partial charge < -0.3 is 11.1 Å². The number of carbonyl (C=O) groups excluding carboxylic acids is 1. The summed E-state index contributed by atoms with van der Waals surface area (Å²) in [5.74, 6) is -0.0460. The minimum absolute atomic E-state index is 0.0460. The lowest BCUT2D eigenvalue weighted by molar-refractivity contribution is -0.121. The van der Waals surface area contributed by atoms with Crippen molar-refractivity contribution in [3.05, 3.63) is 0 Å². The predicted octanol–water partition coefficient (Wildman–Crippen LogP) is 0.345. The quantitative estimate of drug-likeness (QED) is 0.669. The Morgan fingerprint density at radius 3 is 2.67 bits per heavy atom. The normalized spacial score (nSPS) is 21.6. The molecular formula is C8H16N2OS. The van der Waals surface area contributed by atoms with Crippen molar-refractivity contribution >= 4 is 17.7 Å². The lowest BCUT2D eigenvalue weighted by Crippen LogP contribution is -2.41. The van der Waals surface area contributed by atoms with Crippen LogP contribution in [0.1, 0.15) is 19.8 Å². The van der Waals surface area contributed by atoms with Crippen LogP contribution < -0.4 is 11.1 Å². The fourth-order valence-corrected chi connectivity index (χ4v) is 1.73. The molecule has 12 heavy (non-hydrogen) atoms. The Labute approximate surface area is 77.5 Å². The van der Waals surface area contributed by atoms with Crippen molar-refractivity contribution in [2.24, 2.45) is 5.73 Å². The number of rotatable bonds is 4. The highest BCUT2D eigenvalue weighted by molar-refractivity contribution is 8.00. The molecule has 1 atom stereocenters. The largest absolute Gasteiger partial charge is 0.353 e. The average molecular weight is 188 g/mol. The highest BCUT2D eigenvalue weighted by Crippen LogP contribution is 2.46. The fraction of sp³-hybridized carbons (Fsp3) is 0.875. The topological polar surface area (TPSA) is 55.1 Å². The first-order valence-electron chi connectivity index (χ1n) is 4.18. The molecule has 1 aliphatic rings. The van der Waals surface area contributed by atoms with E-state index in [1.807, 2.05) is 11.8 Å². The van der Waals surface area contributed by atoms with Gasteiger partial charge in [-0.25, -0.2) is 0 Å². The lowest BCUT2D eigenvalue weighted by Gasteiger charge is -2.14. The Hall–Kier alpha value is -0.220. The zero-order chi connectivity index (χ0) is 9.19. The van der Waals surface area contributed by atoms with Crippen LogP contribution in [-0.2, 0) is 4.79 Å². The molecule has 1 saturated carbocycles. The molecule has 1 rings (SSSR count). The van der Waals surface area contributed by atoms with Gasteiger partial charge >= 0.3 is 0 Å². The molecule has 0 saturated heterocycles. The maximum Gasteiger partial charge on any atom is 0.236 e. The highest BCUT2D eigenvalue weighted by atomic mass is 32.2. The van der Waals surface area contributed by atoms with Gasteiger partial charge in [0.15, 0.2) is 0 Å². The van der Waals surface area contributed by atoms with E-state index in [9.17, 15) is 4.79 Å². The van der Waals surface area contributed by atoms with Crippen LogP contribution in [0.15, 0.2) is 0 Å². The summed E-state index contributed by atoms with van der Waals surface area (Å²) in [5, 5.41) is 2.85. The molecule has 1 amide bonds. The van der Waals surface area contributed by atoms with Crippen LogP contribution in [0.3, 0.4) is 0 Å². The maximum absolute atomic E-state index is 11.1. The van der Waals surface area contributed by atoms with Crippen LogP contribution in [0, 0.1) is 0 Å². The summed E-state index contributed by atoms with van der Waals surface area (Å²) in [6, 6.07) is -0.386. The standard InChI is InChI=1S/C8H16N2OS/c1-6(9)7(11)10-5-8(12-2)3-4-8/h6H,3-5,9H2,1-2H3,(H,10,11). The molecule has 0 aromatic heterocycles. The molecule has 0 heterocycles. The molecule has 0 radical (unpaired) electrons. The Kier molecular flexibility index (Phi) is 3.01. The van der Waals surface area contributed by atoms with Crippen molar-refractivity contribution in [1.29, 1.82) is 0 Å². The second-order valence-corrected chi connectivity index (χ2v) is 4.67. The van der Waals surface area contributed by atoms with Gasteiger partial charge in [-0.05, 0) is 26.0 Å². The predicted molar refractivity (Wildman–Crippen MR) is 52.1 cm³/mol. The number of hydrogen-bond donors (Lipinski definition) is 2. The molecule has 0 aromatic rings. The molecule has 1 aliphatic carbocycles. The van der Waals surface area contributed by atoms with Crippen LogP contribution in [0.5, 0.6) is 0 Å². The van der Waals surface area contributed by atoms with Crippen molar-refractivity contribution in [3.63, 3.8) is 0 Å². The summed E-state index contributed by atoms with van der Waals surface area (Å²) >= 11 is 1.84. The summed E-state index contributed by atoms with van der Waals surface area (Å²) < 4.78 is 0.338. The second kappa shape index (κ2) is 3.66. The van der Waals surface area contributed by atoms with Gasteiger partial charge in [0.1, 0.15) is 0 Å². The molecular weight excluding hydrogens is 172 g/mol. The van der Waals surface area contributed by atoms with Gasteiger partial charge in [0, 0.05) is 11.3 Å². The van der Waals surface area contributed by atoms with E-state index < -0.39 is 0 Å². The van der Waals surface area contributed by atoms with Crippen molar-refractivity contribution in [1.82, 2.24) is 5.32 Å². The van der Waals surface area contributed by atoms with Crippen molar-refractivity contribution in [2.45, 2.75) is 30.6 Å². The molecule has 0 spiro atoms. The first kappa shape index (κ1) is 9.86. The van der Waals surface area contributed by atoms with Crippen LogP contribution in [-0.4, -0.2) is 29.5 Å². The lowest BCUT2D eigenvalue weighted by atomic mass is 10.3. The molecule has 3 nitrogen and oxygen atoms in total. The molecule has 70 valence electrons. The van der Waals surface area contributed by atoms with Crippen LogP contribution in [0.25, 0.3) is 0 Å².